The second-order valence-corrected chi connectivity index (χ2v) is 5.93. The molecule has 0 atom stereocenters. The van der Waals surface area contributed by atoms with Crippen molar-refractivity contribution in [2.75, 3.05) is 5.73 Å². The summed E-state index contributed by atoms with van der Waals surface area (Å²) in [5.41, 5.74) is 9.49. The van der Waals surface area contributed by atoms with E-state index >= 15 is 0 Å². The summed E-state index contributed by atoms with van der Waals surface area (Å²) in [7, 11) is 0. The monoisotopic (exact) mass is 318 g/mol. The van der Waals surface area contributed by atoms with Gasteiger partial charge in [0, 0.05) is 0 Å². The number of carbonyl (C=O) groups is 1. The number of anilines is 1. The molecule has 0 aliphatic rings. The van der Waals surface area contributed by atoms with E-state index in [1.165, 1.54) is 0 Å². The normalized spacial score (nSPS) is 11.1. The smallest absolute Gasteiger partial charge is 0.283 e. The molecule has 6 nitrogen and oxygen atoms in total. The number of hydrogen-bond donors (Lipinski definition) is 2. The first kappa shape index (κ1) is 16.0. The Labute approximate surface area is 133 Å². The Morgan fingerprint density at radius 3 is 2.64 bits per heavy atom. The highest BCUT2D eigenvalue weighted by Crippen LogP contribution is 2.19. The molecule has 2 aromatic rings. The van der Waals surface area contributed by atoms with E-state index in [-0.39, 0.29) is 12.0 Å². The SMILES string of the molecule is Cc1nc(N)sc1C(=O)N/N=C/c1ccc(OC(C)C)cc1. The maximum absolute atomic E-state index is 11.9. The van der Waals surface area contributed by atoms with Gasteiger partial charge >= 0.3 is 0 Å². The van der Waals surface area contributed by atoms with Crippen molar-refractivity contribution < 1.29 is 9.53 Å². The van der Waals surface area contributed by atoms with Crippen LogP contribution in [0.4, 0.5) is 5.13 Å². The van der Waals surface area contributed by atoms with Gasteiger partial charge in [-0.25, -0.2) is 10.4 Å². The van der Waals surface area contributed by atoms with E-state index in [1.54, 1.807) is 13.1 Å². The maximum atomic E-state index is 11.9. The number of rotatable bonds is 5. The lowest BCUT2D eigenvalue weighted by Crippen LogP contribution is -2.17. The van der Waals surface area contributed by atoms with Gasteiger partial charge in [0.15, 0.2) is 5.13 Å². The zero-order valence-corrected chi connectivity index (χ0v) is 13.5. The van der Waals surface area contributed by atoms with Crippen LogP contribution in [0.25, 0.3) is 0 Å². The first-order chi connectivity index (χ1) is 10.5. The molecule has 0 fully saturated rings. The minimum absolute atomic E-state index is 0.133. The van der Waals surface area contributed by atoms with Crippen molar-refractivity contribution in [2.24, 2.45) is 5.10 Å². The number of benzene rings is 1. The predicted octanol–water partition coefficient (Wildman–Crippen LogP) is 2.58. The Morgan fingerprint density at radius 2 is 2.09 bits per heavy atom. The molecule has 0 unspecified atom stereocenters. The number of carbonyl (C=O) groups excluding carboxylic acids is 1. The lowest BCUT2D eigenvalue weighted by atomic mass is 10.2. The molecule has 0 bridgehead atoms. The fourth-order valence-corrected chi connectivity index (χ4v) is 2.47. The Kier molecular flexibility index (Phi) is 5.11. The van der Waals surface area contributed by atoms with Crippen molar-refractivity contribution in [3.8, 4) is 5.75 Å². The molecule has 1 heterocycles. The summed E-state index contributed by atoms with van der Waals surface area (Å²) < 4.78 is 5.55. The van der Waals surface area contributed by atoms with Crippen LogP contribution >= 0.6 is 11.3 Å². The average molecular weight is 318 g/mol. The van der Waals surface area contributed by atoms with Crippen molar-refractivity contribution in [1.82, 2.24) is 10.4 Å². The number of nitrogens with two attached hydrogens (primary N) is 1. The molecular weight excluding hydrogens is 300 g/mol. The van der Waals surface area contributed by atoms with Gasteiger partial charge in [0.25, 0.3) is 5.91 Å². The van der Waals surface area contributed by atoms with Gasteiger partial charge in [0.1, 0.15) is 10.6 Å². The minimum Gasteiger partial charge on any atom is -0.491 e. The Morgan fingerprint density at radius 1 is 1.41 bits per heavy atom. The van der Waals surface area contributed by atoms with Gasteiger partial charge in [-0.2, -0.15) is 5.10 Å². The van der Waals surface area contributed by atoms with Gasteiger partial charge in [-0.3, -0.25) is 4.79 Å². The number of aromatic nitrogens is 1. The number of nitrogens with zero attached hydrogens (tertiary/aromatic N) is 2. The van der Waals surface area contributed by atoms with Crippen molar-refractivity contribution >= 4 is 28.6 Å². The van der Waals surface area contributed by atoms with Crippen LogP contribution in [0.15, 0.2) is 29.4 Å². The van der Waals surface area contributed by atoms with Crippen LogP contribution in [0, 0.1) is 6.92 Å². The van der Waals surface area contributed by atoms with Crippen LogP contribution in [-0.4, -0.2) is 23.2 Å². The highest BCUT2D eigenvalue weighted by atomic mass is 32.1. The standard InChI is InChI=1S/C15H18N4O2S/c1-9(2)21-12-6-4-11(5-7-12)8-17-19-14(20)13-10(3)18-15(16)22-13/h4-9H,1-3H3,(H2,16,18)(H,19,20)/b17-8+. The van der Waals surface area contributed by atoms with Crippen molar-refractivity contribution in [2.45, 2.75) is 26.9 Å². The zero-order chi connectivity index (χ0) is 16.1. The number of hydrogen-bond acceptors (Lipinski definition) is 6. The molecule has 0 aliphatic carbocycles. The van der Waals surface area contributed by atoms with Crippen LogP contribution in [0.1, 0.15) is 34.8 Å². The summed E-state index contributed by atoms with van der Waals surface area (Å²) in [6.45, 7) is 5.68. The van der Waals surface area contributed by atoms with Crippen LogP contribution in [0.5, 0.6) is 5.75 Å². The third-order valence-corrected chi connectivity index (χ3v) is 3.64. The molecule has 3 N–H and O–H groups in total. The number of ether oxygens (including phenoxy) is 1. The third kappa shape index (κ3) is 4.29. The number of thiazole rings is 1. The molecule has 1 aromatic carbocycles. The topological polar surface area (TPSA) is 89.6 Å². The van der Waals surface area contributed by atoms with Crippen molar-refractivity contribution in [3.63, 3.8) is 0 Å². The molecule has 0 saturated carbocycles. The van der Waals surface area contributed by atoms with Gasteiger partial charge < -0.3 is 10.5 Å². The third-order valence-electron chi connectivity index (χ3n) is 2.65. The van der Waals surface area contributed by atoms with E-state index in [1.807, 2.05) is 38.1 Å². The van der Waals surface area contributed by atoms with Gasteiger partial charge in [-0.1, -0.05) is 11.3 Å². The Hall–Kier alpha value is -2.41. The molecule has 1 amide bonds. The van der Waals surface area contributed by atoms with Gasteiger partial charge in [0.05, 0.1) is 18.0 Å². The fraction of sp³-hybridized carbons (Fsp3) is 0.267. The number of aryl methyl sites for hydroxylation is 1. The molecule has 0 spiro atoms. The molecular formula is C15H18N4O2S. The predicted molar refractivity (Wildman–Crippen MR) is 88.5 cm³/mol. The lowest BCUT2D eigenvalue weighted by molar-refractivity contribution is 0.0958. The van der Waals surface area contributed by atoms with Crippen LogP contribution in [0.2, 0.25) is 0 Å². The van der Waals surface area contributed by atoms with E-state index in [0.29, 0.717) is 15.7 Å². The summed E-state index contributed by atoms with van der Waals surface area (Å²) >= 11 is 1.14. The number of hydrazone groups is 1. The van der Waals surface area contributed by atoms with E-state index in [0.717, 1.165) is 22.6 Å². The molecule has 0 saturated heterocycles. The number of nitrogens with one attached hydrogen (secondary N) is 1. The van der Waals surface area contributed by atoms with Crippen LogP contribution < -0.4 is 15.9 Å². The van der Waals surface area contributed by atoms with Crippen LogP contribution in [0.3, 0.4) is 0 Å². The summed E-state index contributed by atoms with van der Waals surface area (Å²) in [6, 6.07) is 7.45. The second kappa shape index (κ2) is 7.04. The summed E-state index contributed by atoms with van der Waals surface area (Å²) in [4.78, 5) is 16.4. The lowest BCUT2D eigenvalue weighted by Gasteiger charge is -2.09. The highest BCUT2D eigenvalue weighted by molar-refractivity contribution is 7.17. The largest absolute Gasteiger partial charge is 0.491 e. The van der Waals surface area contributed by atoms with E-state index in [4.69, 9.17) is 10.5 Å². The second-order valence-electron chi connectivity index (χ2n) is 4.90. The quantitative estimate of drug-likeness (QED) is 0.655. The summed E-state index contributed by atoms with van der Waals surface area (Å²) in [6.07, 6.45) is 1.70. The minimum atomic E-state index is -0.317. The molecule has 116 valence electrons. The van der Waals surface area contributed by atoms with Crippen molar-refractivity contribution in [3.05, 3.63) is 40.4 Å². The molecule has 1 aromatic heterocycles. The molecule has 2 rings (SSSR count). The maximum Gasteiger partial charge on any atom is 0.283 e. The van der Waals surface area contributed by atoms with E-state index < -0.39 is 0 Å². The van der Waals surface area contributed by atoms with Gasteiger partial charge in [-0.05, 0) is 50.6 Å². The van der Waals surface area contributed by atoms with E-state index in [9.17, 15) is 4.79 Å². The Balaban J connectivity index is 1.94. The average Bonchev–Trinajstić information content (AvgIpc) is 2.79. The Bertz CT molecular complexity index is 677. The number of amides is 1. The molecule has 7 heteroatoms. The van der Waals surface area contributed by atoms with E-state index in [2.05, 4.69) is 15.5 Å². The van der Waals surface area contributed by atoms with Gasteiger partial charge in [0.2, 0.25) is 0 Å². The summed E-state index contributed by atoms with van der Waals surface area (Å²) in [5.74, 6) is 0.481. The van der Waals surface area contributed by atoms with Gasteiger partial charge in [-0.15, -0.1) is 0 Å². The first-order valence-corrected chi connectivity index (χ1v) is 7.60. The molecule has 0 radical (unpaired) electrons. The van der Waals surface area contributed by atoms with Crippen LogP contribution in [-0.2, 0) is 0 Å². The van der Waals surface area contributed by atoms with Crippen molar-refractivity contribution in [1.29, 1.82) is 0 Å². The summed E-state index contributed by atoms with van der Waals surface area (Å²) in [5, 5.41) is 4.30. The molecule has 0 aliphatic heterocycles. The fourth-order valence-electron chi connectivity index (χ4n) is 1.75. The first-order valence-electron chi connectivity index (χ1n) is 6.78. The molecule has 22 heavy (non-hydrogen) atoms. The number of nitrogen functional groups attached to an aromatic ring is 1. The highest BCUT2D eigenvalue weighted by Gasteiger charge is 2.13. The zero-order valence-electron chi connectivity index (χ0n) is 12.7.